The number of benzene rings is 2. The summed E-state index contributed by atoms with van der Waals surface area (Å²) in [5, 5.41) is 18.8. The Labute approximate surface area is 179 Å². The lowest BCUT2D eigenvalue weighted by Crippen LogP contribution is -2.28. The number of amides is 1. The quantitative estimate of drug-likeness (QED) is 0.496. The number of hydrogen-bond donors (Lipinski definition) is 1. The predicted octanol–water partition coefficient (Wildman–Crippen LogP) is 2.91. The molecule has 0 aliphatic carbocycles. The van der Waals surface area contributed by atoms with Crippen LogP contribution in [-0.2, 0) is 11.2 Å². The number of carbonyl (C=O) groups excluding carboxylic acids is 1. The Bertz CT molecular complexity index is 1170. The molecule has 0 radical (unpaired) electrons. The molecule has 0 saturated heterocycles. The Morgan fingerprint density at radius 1 is 1.13 bits per heavy atom. The van der Waals surface area contributed by atoms with Gasteiger partial charge in [0.1, 0.15) is 23.8 Å². The lowest BCUT2D eigenvalue weighted by molar-refractivity contribution is -0.119. The zero-order valence-electron chi connectivity index (χ0n) is 17.6. The van der Waals surface area contributed by atoms with E-state index in [0.717, 1.165) is 22.6 Å². The van der Waals surface area contributed by atoms with Gasteiger partial charge in [0.2, 0.25) is 5.91 Å². The van der Waals surface area contributed by atoms with Gasteiger partial charge in [-0.25, -0.2) is 9.36 Å². The maximum Gasteiger partial charge on any atom is 0.249 e. The number of rotatable bonds is 7. The zero-order valence-corrected chi connectivity index (χ0v) is 17.6. The summed E-state index contributed by atoms with van der Waals surface area (Å²) in [6.07, 6.45) is 1.90. The van der Waals surface area contributed by atoms with Crippen molar-refractivity contribution < 1.29 is 9.53 Å². The van der Waals surface area contributed by atoms with Crippen molar-refractivity contribution in [2.45, 2.75) is 26.3 Å². The summed E-state index contributed by atoms with van der Waals surface area (Å²) in [5.41, 5.74) is 4.33. The standard InChI is InChI=1S/C22H23N7O2/c1-15-11-16(2)29(25-15)19-10-9-18(13-21(19)31-3)24-22(30)20(28-14-23-26-27-28)12-17-7-5-4-6-8-17/h4-11,13-14,20H,12H2,1-3H3,(H,24,30). The zero-order chi connectivity index (χ0) is 21.8. The summed E-state index contributed by atoms with van der Waals surface area (Å²) in [4.78, 5) is 13.1. The highest BCUT2D eigenvalue weighted by molar-refractivity contribution is 5.94. The summed E-state index contributed by atoms with van der Waals surface area (Å²) in [5.74, 6) is 0.378. The number of ether oxygens (including phenoxy) is 1. The minimum Gasteiger partial charge on any atom is -0.494 e. The fourth-order valence-corrected chi connectivity index (χ4v) is 3.48. The van der Waals surface area contributed by atoms with Gasteiger partial charge in [-0.3, -0.25) is 4.79 Å². The van der Waals surface area contributed by atoms with E-state index in [-0.39, 0.29) is 5.91 Å². The van der Waals surface area contributed by atoms with Crippen LogP contribution in [0.5, 0.6) is 5.75 Å². The predicted molar refractivity (Wildman–Crippen MR) is 115 cm³/mol. The van der Waals surface area contributed by atoms with E-state index in [1.165, 1.54) is 11.0 Å². The van der Waals surface area contributed by atoms with E-state index in [1.54, 1.807) is 13.2 Å². The van der Waals surface area contributed by atoms with Crippen LogP contribution >= 0.6 is 0 Å². The number of nitrogens with one attached hydrogen (secondary N) is 1. The summed E-state index contributed by atoms with van der Waals surface area (Å²) < 4.78 is 8.85. The Morgan fingerprint density at radius 3 is 2.58 bits per heavy atom. The average Bonchev–Trinajstić information content (AvgIpc) is 3.42. The normalized spacial score (nSPS) is 11.8. The number of nitrogens with zero attached hydrogens (tertiary/aromatic N) is 6. The molecule has 0 fully saturated rings. The molecule has 0 bridgehead atoms. The van der Waals surface area contributed by atoms with E-state index in [9.17, 15) is 4.79 Å². The number of carbonyl (C=O) groups is 1. The molecule has 0 aliphatic rings. The van der Waals surface area contributed by atoms with Crippen LogP contribution in [0.15, 0.2) is 60.9 Å². The van der Waals surface area contributed by atoms with Crippen LogP contribution in [0.2, 0.25) is 0 Å². The molecular weight excluding hydrogens is 394 g/mol. The summed E-state index contributed by atoms with van der Waals surface area (Å²) in [6, 6.07) is 16.6. The Balaban J connectivity index is 1.59. The molecular formula is C22H23N7O2. The first kappa shape index (κ1) is 20.3. The van der Waals surface area contributed by atoms with Crippen LogP contribution in [-0.4, -0.2) is 43.0 Å². The number of anilines is 1. The first-order valence-electron chi connectivity index (χ1n) is 9.84. The number of hydrogen-bond acceptors (Lipinski definition) is 6. The first-order valence-corrected chi connectivity index (χ1v) is 9.84. The molecule has 0 saturated carbocycles. The van der Waals surface area contributed by atoms with Crippen molar-refractivity contribution in [1.29, 1.82) is 0 Å². The van der Waals surface area contributed by atoms with Crippen molar-refractivity contribution >= 4 is 11.6 Å². The van der Waals surface area contributed by atoms with Crippen molar-refractivity contribution in [3.8, 4) is 11.4 Å². The highest BCUT2D eigenvalue weighted by Crippen LogP contribution is 2.28. The minimum atomic E-state index is -0.598. The first-order chi connectivity index (χ1) is 15.0. The van der Waals surface area contributed by atoms with Gasteiger partial charge in [-0.1, -0.05) is 30.3 Å². The molecule has 9 nitrogen and oxygen atoms in total. The van der Waals surface area contributed by atoms with Crippen LogP contribution < -0.4 is 10.1 Å². The van der Waals surface area contributed by atoms with E-state index in [1.807, 2.05) is 67.1 Å². The Hall–Kier alpha value is -4.01. The maximum absolute atomic E-state index is 13.1. The highest BCUT2D eigenvalue weighted by Gasteiger charge is 2.23. The largest absolute Gasteiger partial charge is 0.494 e. The minimum absolute atomic E-state index is 0.225. The topological polar surface area (TPSA) is 99.7 Å². The van der Waals surface area contributed by atoms with Crippen LogP contribution in [0.3, 0.4) is 0 Å². The molecule has 0 spiro atoms. The number of aryl methyl sites for hydroxylation is 2. The van der Waals surface area contributed by atoms with Crippen molar-refractivity contribution in [3.05, 3.63) is 77.9 Å². The summed E-state index contributed by atoms with van der Waals surface area (Å²) >= 11 is 0. The average molecular weight is 417 g/mol. The molecule has 1 N–H and O–H groups in total. The monoisotopic (exact) mass is 417 g/mol. The van der Waals surface area contributed by atoms with Crippen molar-refractivity contribution in [3.63, 3.8) is 0 Å². The second kappa shape index (κ2) is 8.78. The van der Waals surface area contributed by atoms with Gasteiger partial charge in [-0.2, -0.15) is 5.10 Å². The van der Waals surface area contributed by atoms with Crippen LogP contribution in [0, 0.1) is 13.8 Å². The molecule has 4 aromatic rings. The van der Waals surface area contributed by atoms with E-state index < -0.39 is 6.04 Å². The SMILES string of the molecule is COc1cc(NC(=O)C(Cc2ccccc2)n2cnnn2)ccc1-n1nc(C)cc1C. The molecule has 2 heterocycles. The van der Waals surface area contributed by atoms with Gasteiger partial charge in [0.15, 0.2) is 0 Å². The number of methoxy groups -OCH3 is 1. The van der Waals surface area contributed by atoms with Gasteiger partial charge in [0.05, 0.1) is 12.8 Å². The van der Waals surface area contributed by atoms with Gasteiger partial charge < -0.3 is 10.1 Å². The van der Waals surface area contributed by atoms with Crippen molar-refractivity contribution in [2.75, 3.05) is 12.4 Å². The smallest absolute Gasteiger partial charge is 0.249 e. The van der Waals surface area contributed by atoms with Gasteiger partial charge in [-0.15, -0.1) is 5.10 Å². The van der Waals surface area contributed by atoms with Crippen molar-refractivity contribution in [1.82, 2.24) is 30.0 Å². The van der Waals surface area contributed by atoms with E-state index in [4.69, 9.17) is 4.74 Å². The van der Waals surface area contributed by atoms with Gasteiger partial charge in [0.25, 0.3) is 0 Å². The Kier molecular flexibility index (Phi) is 5.74. The van der Waals surface area contributed by atoms with Crippen LogP contribution in [0.4, 0.5) is 5.69 Å². The molecule has 2 aromatic carbocycles. The van der Waals surface area contributed by atoms with Gasteiger partial charge in [0, 0.05) is 23.9 Å². The van der Waals surface area contributed by atoms with Crippen LogP contribution in [0.25, 0.3) is 5.69 Å². The molecule has 158 valence electrons. The summed E-state index contributed by atoms with van der Waals surface area (Å²) in [7, 11) is 1.59. The third-order valence-corrected chi connectivity index (χ3v) is 4.94. The van der Waals surface area contributed by atoms with E-state index in [2.05, 4.69) is 25.9 Å². The number of tetrazole rings is 1. The third-order valence-electron chi connectivity index (χ3n) is 4.94. The van der Waals surface area contributed by atoms with Gasteiger partial charge in [-0.05, 0) is 48.0 Å². The van der Waals surface area contributed by atoms with Crippen molar-refractivity contribution in [2.24, 2.45) is 0 Å². The van der Waals surface area contributed by atoms with E-state index >= 15 is 0 Å². The molecule has 1 unspecified atom stereocenters. The molecule has 1 atom stereocenters. The lowest BCUT2D eigenvalue weighted by Gasteiger charge is -2.17. The highest BCUT2D eigenvalue weighted by atomic mass is 16.5. The van der Waals surface area contributed by atoms with Gasteiger partial charge >= 0.3 is 0 Å². The maximum atomic E-state index is 13.1. The second-order valence-electron chi connectivity index (χ2n) is 7.21. The molecule has 4 rings (SSSR count). The Morgan fingerprint density at radius 2 is 1.94 bits per heavy atom. The molecule has 9 heteroatoms. The van der Waals surface area contributed by atoms with E-state index in [0.29, 0.717) is 17.9 Å². The molecule has 1 amide bonds. The molecule has 0 aliphatic heterocycles. The number of aromatic nitrogens is 6. The molecule has 2 aromatic heterocycles. The van der Waals surface area contributed by atoms with Crippen LogP contribution in [0.1, 0.15) is 23.0 Å². The lowest BCUT2D eigenvalue weighted by atomic mass is 10.1. The third kappa shape index (κ3) is 4.45. The second-order valence-corrected chi connectivity index (χ2v) is 7.21. The fourth-order valence-electron chi connectivity index (χ4n) is 3.48. The fraction of sp³-hybridized carbons (Fsp3) is 0.227. The summed E-state index contributed by atoms with van der Waals surface area (Å²) in [6.45, 7) is 3.92. The molecule has 31 heavy (non-hydrogen) atoms.